The Kier molecular flexibility index (Phi) is 6.91. The van der Waals surface area contributed by atoms with Crippen molar-refractivity contribution in [2.45, 2.75) is 25.2 Å². The van der Waals surface area contributed by atoms with E-state index in [0.29, 0.717) is 23.4 Å². The summed E-state index contributed by atoms with van der Waals surface area (Å²) in [5.41, 5.74) is 16.3. The first-order valence-corrected chi connectivity index (χ1v) is 18.1. The third-order valence-corrected chi connectivity index (χ3v) is 10.9. The molecular weight excluding hydrogens is 631 g/mol. The summed E-state index contributed by atoms with van der Waals surface area (Å²) in [6.45, 7) is 4.48. The van der Waals surface area contributed by atoms with E-state index in [9.17, 15) is 0 Å². The fourth-order valence-electron chi connectivity index (χ4n) is 8.58. The average molecular weight is 666 g/mol. The summed E-state index contributed by atoms with van der Waals surface area (Å²) < 4.78 is 0. The SMILES string of the molecule is CC(C)c1cc(-c2ccccc2)cc(-c2nc(-c3ccccc3)nc(-c3cccc4c3-c3ccccc3C43c4ccccc4-c4ccccc43)n2)c1. The Morgan fingerprint density at radius 2 is 0.827 bits per heavy atom. The van der Waals surface area contributed by atoms with Crippen LogP contribution in [0.15, 0.2) is 170 Å². The summed E-state index contributed by atoms with van der Waals surface area (Å²) in [7, 11) is 0. The van der Waals surface area contributed by atoms with Crippen molar-refractivity contribution in [2.24, 2.45) is 0 Å². The molecule has 7 aromatic carbocycles. The van der Waals surface area contributed by atoms with Gasteiger partial charge in [-0.1, -0.05) is 172 Å². The van der Waals surface area contributed by atoms with Gasteiger partial charge in [-0.2, -0.15) is 0 Å². The molecule has 0 amide bonds. The average Bonchev–Trinajstić information content (AvgIpc) is 3.69. The summed E-state index contributed by atoms with van der Waals surface area (Å²) in [5.74, 6) is 2.33. The van der Waals surface area contributed by atoms with Crippen molar-refractivity contribution in [3.8, 4) is 67.5 Å². The molecule has 0 unspecified atom stereocenters. The topological polar surface area (TPSA) is 38.7 Å². The summed E-state index contributed by atoms with van der Waals surface area (Å²) in [5, 5.41) is 0. The molecule has 10 rings (SSSR count). The monoisotopic (exact) mass is 665 g/mol. The standard InChI is InChI=1S/C49H35N3/c1-31(2)34-28-35(32-16-5-3-6-17-32)30-36(29-34)47-50-46(33-18-7-4-8-19-33)51-48(52-47)40-23-15-27-44-45(40)39-22-11-14-26-43(39)49(44)41-24-12-9-20-37(41)38-21-10-13-25-42(38)49/h3-31H,1-2H3. The van der Waals surface area contributed by atoms with E-state index in [1.54, 1.807) is 0 Å². The van der Waals surface area contributed by atoms with Gasteiger partial charge in [0.05, 0.1) is 5.41 Å². The fraction of sp³-hybridized carbons (Fsp3) is 0.0816. The van der Waals surface area contributed by atoms with Crippen molar-refractivity contribution in [2.75, 3.05) is 0 Å². The van der Waals surface area contributed by atoms with Gasteiger partial charge in [0.15, 0.2) is 17.5 Å². The molecule has 0 saturated heterocycles. The van der Waals surface area contributed by atoms with Crippen LogP contribution in [0.4, 0.5) is 0 Å². The van der Waals surface area contributed by atoms with Gasteiger partial charge in [-0.05, 0) is 79.2 Å². The van der Waals surface area contributed by atoms with E-state index in [2.05, 4.69) is 166 Å². The molecule has 1 spiro atoms. The van der Waals surface area contributed by atoms with E-state index < -0.39 is 5.41 Å². The molecule has 0 fully saturated rings. The molecule has 52 heavy (non-hydrogen) atoms. The van der Waals surface area contributed by atoms with Gasteiger partial charge >= 0.3 is 0 Å². The minimum atomic E-state index is -0.441. The number of nitrogens with zero attached hydrogens (tertiary/aromatic N) is 3. The molecule has 0 radical (unpaired) electrons. The van der Waals surface area contributed by atoms with E-state index in [4.69, 9.17) is 15.0 Å². The largest absolute Gasteiger partial charge is 0.208 e. The van der Waals surface area contributed by atoms with Crippen molar-refractivity contribution in [1.82, 2.24) is 15.0 Å². The Hall–Kier alpha value is -6.45. The van der Waals surface area contributed by atoms with E-state index >= 15 is 0 Å². The molecule has 8 aromatic rings. The molecule has 246 valence electrons. The summed E-state index contributed by atoms with van der Waals surface area (Å²) in [6, 6.07) is 61.0. The number of fused-ring (bicyclic) bond motifs is 10. The maximum atomic E-state index is 5.37. The molecule has 0 aliphatic heterocycles. The number of benzene rings is 7. The van der Waals surface area contributed by atoms with Crippen molar-refractivity contribution in [3.63, 3.8) is 0 Å². The summed E-state index contributed by atoms with van der Waals surface area (Å²) in [6.07, 6.45) is 0. The smallest absolute Gasteiger partial charge is 0.164 e. The molecule has 3 nitrogen and oxygen atoms in total. The highest BCUT2D eigenvalue weighted by molar-refractivity contribution is 5.99. The Bertz CT molecular complexity index is 2610. The number of aromatic nitrogens is 3. The van der Waals surface area contributed by atoms with E-state index in [1.165, 1.54) is 55.6 Å². The first kappa shape index (κ1) is 30.4. The second-order valence-corrected chi connectivity index (χ2v) is 14.2. The van der Waals surface area contributed by atoms with Crippen LogP contribution in [0.3, 0.4) is 0 Å². The predicted octanol–water partition coefficient (Wildman–Crippen LogP) is 12.0. The quantitative estimate of drug-likeness (QED) is 0.184. The van der Waals surface area contributed by atoms with Crippen LogP contribution in [0.1, 0.15) is 47.6 Å². The van der Waals surface area contributed by atoms with Gasteiger partial charge in [-0.25, -0.2) is 15.0 Å². The van der Waals surface area contributed by atoms with Crippen LogP contribution < -0.4 is 0 Å². The van der Waals surface area contributed by atoms with Crippen LogP contribution in [0, 0.1) is 0 Å². The normalized spacial score (nSPS) is 13.1. The second kappa shape index (κ2) is 11.8. The van der Waals surface area contributed by atoms with Crippen molar-refractivity contribution in [1.29, 1.82) is 0 Å². The van der Waals surface area contributed by atoms with Gasteiger partial charge in [-0.15, -0.1) is 0 Å². The second-order valence-electron chi connectivity index (χ2n) is 14.2. The highest BCUT2D eigenvalue weighted by atomic mass is 15.0. The predicted molar refractivity (Wildman–Crippen MR) is 212 cm³/mol. The molecule has 2 aliphatic carbocycles. The lowest BCUT2D eigenvalue weighted by atomic mass is 9.70. The van der Waals surface area contributed by atoms with Crippen LogP contribution in [-0.4, -0.2) is 15.0 Å². The van der Waals surface area contributed by atoms with Crippen molar-refractivity contribution in [3.05, 3.63) is 198 Å². The van der Waals surface area contributed by atoms with Gasteiger partial charge in [-0.3, -0.25) is 0 Å². The van der Waals surface area contributed by atoms with Crippen LogP contribution in [-0.2, 0) is 5.41 Å². The third-order valence-electron chi connectivity index (χ3n) is 10.9. The van der Waals surface area contributed by atoms with E-state index in [-0.39, 0.29) is 0 Å². The minimum Gasteiger partial charge on any atom is -0.208 e. The molecule has 0 bridgehead atoms. The molecule has 0 saturated carbocycles. The Morgan fingerprint density at radius 3 is 1.46 bits per heavy atom. The highest BCUT2D eigenvalue weighted by Gasteiger charge is 2.52. The first-order valence-electron chi connectivity index (χ1n) is 18.1. The minimum absolute atomic E-state index is 0.333. The lowest BCUT2D eigenvalue weighted by Crippen LogP contribution is -2.25. The zero-order valence-corrected chi connectivity index (χ0v) is 29.1. The van der Waals surface area contributed by atoms with Crippen LogP contribution in [0.25, 0.3) is 67.5 Å². The van der Waals surface area contributed by atoms with Crippen molar-refractivity contribution < 1.29 is 0 Å². The third kappa shape index (κ3) is 4.49. The molecule has 1 heterocycles. The lowest BCUT2D eigenvalue weighted by molar-refractivity contribution is 0.794. The molecule has 2 aliphatic rings. The van der Waals surface area contributed by atoms with E-state index in [0.717, 1.165) is 22.3 Å². The molecule has 3 heteroatoms. The highest BCUT2D eigenvalue weighted by Crippen LogP contribution is 2.63. The van der Waals surface area contributed by atoms with Crippen LogP contribution in [0.2, 0.25) is 0 Å². The maximum Gasteiger partial charge on any atom is 0.164 e. The molecule has 0 N–H and O–H groups in total. The van der Waals surface area contributed by atoms with Gasteiger partial charge in [0.2, 0.25) is 0 Å². The zero-order chi connectivity index (χ0) is 34.8. The Morgan fingerprint density at radius 1 is 0.365 bits per heavy atom. The van der Waals surface area contributed by atoms with E-state index in [1.807, 2.05) is 18.2 Å². The summed E-state index contributed by atoms with van der Waals surface area (Å²) >= 11 is 0. The van der Waals surface area contributed by atoms with Gasteiger partial charge in [0, 0.05) is 16.7 Å². The van der Waals surface area contributed by atoms with Gasteiger partial charge in [0.25, 0.3) is 0 Å². The lowest BCUT2D eigenvalue weighted by Gasteiger charge is -2.30. The molecular formula is C49H35N3. The number of hydrogen-bond donors (Lipinski definition) is 0. The summed E-state index contributed by atoms with van der Waals surface area (Å²) in [4.78, 5) is 15.8. The Balaban J connectivity index is 1.25. The molecule has 0 atom stereocenters. The van der Waals surface area contributed by atoms with Crippen LogP contribution >= 0.6 is 0 Å². The molecule has 1 aromatic heterocycles. The maximum absolute atomic E-state index is 5.37. The number of hydrogen-bond acceptors (Lipinski definition) is 3. The number of rotatable bonds is 5. The first-order chi connectivity index (χ1) is 25.6. The van der Waals surface area contributed by atoms with Gasteiger partial charge < -0.3 is 0 Å². The van der Waals surface area contributed by atoms with Gasteiger partial charge in [0.1, 0.15) is 0 Å². The van der Waals surface area contributed by atoms with Crippen LogP contribution in [0.5, 0.6) is 0 Å². The zero-order valence-electron chi connectivity index (χ0n) is 29.1. The fourth-order valence-corrected chi connectivity index (χ4v) is 8.58. The Labute approximate surface area is 304 Å². The van der Waals surface area contributed by atoms with Crippen molar-refractivity contribution >= 4 is 0 Å².